The first-order valence-corrected chi connectivity index (χ1v) is 11.6. The van der Waals surface area contributed by atoms with Crippen molar-refractivity contribution in [1.29, 1.82) is 0 Å². The number of urea groups is 1. The van der Waals surface area contributed by atoms with Crippen LogP contribution in [0, 0.1) is 6.92 Å². The largest absolute Gasteiger partial charge is 0.493 e. The minimum atomic E-state index is -0.359. The Morgan fingerprint density at radius 1 is 1.09 bits per heavy atom. The van der Waals surface area contributed by atoms with Crippen LogP contribution in [0.1, 0.15) is 32.4 Å². The highest BCUT2D eigenvalue weighted by atomic mass is 32.1. The molecule has 2 N–H and O–H groups in total. The third-order valence-electron chi connectivity index (χ3n) is 5.73. The number of aryl methyl sites for hydroxylation is 1. The first-order chi connectivity index (χ1) is 16.0. The summed E-state index contributed by atoms with van der Waals surface area (Å²) in [6, 6.07) is 14.6. The molecule has 3 amide bonds. The number of rotatable bonds is 6. The molecule has 4 rings (SSSR count). The maximum absolute atomic E-state index is 13.3. The second kappa shape index (κ2) is 9.95. The van der Waals surface area contributed by atoms with Gasteiger partial charge in [-0.1, -0.05) is 18.2 Å². The molecule has 0 saturated carbocycles. The first kappa shape index (κ1) is 22.7. The van der Waals surface area contributed by atoms with Gasteiger partial charge in [0, 0.05) is 18.8 Å². The molecule has 8 heteroatoms. The number of nitrogens with one attached hydrogen (secondary N) is 2. The number of hydrogen-bond acceptors (Lipinski definition) is 5. The van der Waals surface area contributed by atoms with Crippen molar-refractivity contribution in [3.63, 3.8) is 0 Å². The molecule has 0 radical (unpaired) electrons. The second-order valence-electron chi connectivity index (χ2n) is 7.85. The van der Waals surface area contributed by atoms with Crippen LogP contribution in [0.15, 0.2) is 53.9 Å². The topological polar surface area (TPSA) is 79.9 Å². The lowest BCUT2D eigenvalue weighted by molar-refractivity contribution is 0.0940. The standard InChI is InChI=1S/C25H27N3O4S/c1-16-6-4-7-18(12-16)27-25(30)28-10-9-17-13-21(31-2)22(32-3)14-19(17)20(28)15-26-24(29)23-8-5-11-33-23/h4-8,11-14,20H,9-10,15H2,1-3H3,(H,26,29)(H,27,30). The van der Waals surface area contributed by atoms with Crippen LogP contribution in [-0.2, 0) is 6.42 Å². The predicted molar refractivity (Wildman–Crippen MR) is 130 cm³/mol. The number of ether oxygens (including phenoxy) is 2. The number of methoxy groups -OCH3 is 2. The molecule has 172 valence electrons. The number of carbonyl (C=O) groups excluding carboxylic acids is 2. The molecular weight excluding hydrogens is 438 g/mol. The van der Waals surface area contributed by atoms with E-state index >= 15 is 0 Å². The van der Waals surface area contributed by atoms with Crippen LogP contribution in [0.2, 0.25) is 0 Å². The van der Waals surface area contributed by atoms with E-state index in [1.807, 2.05) is 54.8 Å². The molecule has 2 heterocycles. The number of thiophene rings is 1. The van der Waals surface area contributed by atoms with Crippen LogP contribution in [-0.4, -0.2) is 44.1 Å². The molecule has 1 aromatic heterocycles. The Kier molecular flexibility index (Phi) is 6.84. The normalized spacial score (nSPS) is 14.9. The van der Waals surface area contributed by atoms with Crippen LogP contribution in [0.3, 0.4) is 0 Å². The summed E-state index contributed by atoms with van der Waals surface area (Å²) in [4.78, 5) is 28.3. The number of anilines is 1. The summed E-state index contributed by atoms with van der Waals surface area (Å²) in [5.41, 5.74) is 3.81. The Balaban J connectivity index is 1.63. The fraction of sp³-hybridized carbons (Fsp3) is 0.280. The van der Waals surface area contributed by atoms with E-state index in [9.17, 15) is 9.59 Å². The summed E-state index contributed by atoms with van der Waals surface area (Å²) in [6.45, 7) is 2.77. The van der Waals surface area contributed by atoms with E-state index in [2.05, 4.69) is 10.6 Å². The molecule has 1 aliphatic rings. The highest BCUT2D eigenvalue weighted by Gasteiger charge is 2.32. The molecule has 7 nitrogen and oxygen atoms in total. The fourth-order valence-electron chi connectivity index (χ4n) is 4.09. The predicted octanol–water partition coefficient (Wildman–Crippen LogP) is 4.64. The maximum atomic E-state index is 13.3. The summed E-state index contributed by atoms with van der Waals surface area (Å²) in [5, 5.41) is 7.86. The molecule has 33 heavy (non-hydrogen) atoms. The first-order valence-electron chi connectivity index (χ1n) is 10.7. The van der Waals surface area contributed by atoms with Crippen molar-refractivity contribution in [3.8, 4) is 11.5 Å². The van der Waals surface area contributed by atoms with Crippen LogP contribution in [0.4, 0.5) is 10.5 Å². The van der Waals surface area contributed by atoms with E-state index in [1.54, 1.807) is 25.2 Å². The molecule has 1 unspecified atom stereocenters. The van der Waals surface area contributed by atoms with E-state index in [1.165, 1.54) is 11.3 Å². The zero-order valence-corrected chi connectivity index (χ0v) is 19.7. The van der Waals surface area contributed by atoms with Crippen molar-refractivity contribution in [2.45, 2.75) is 19.4 Å². The molecule has 1 aliphatic heterocycles. The van der Waals surface area contributed by atoms with E-state index in [-0.39, 0.29) is 24.5 Å². The summed E-state index contributed by atoms with van der Waals surface area (Å²) in [6.07, 6.45) is 0.673. The van der Waals surface area contributed by atoms with E-state index < -0.39 is 0 Å². The molecule has 1 atom stereocenters. The van der Waals surface area contributed by atoms with Gasteiger partial charge in [0.15, 0.2) is 11.5 Å². The lowest BCUT2D eigenvalue weighted by Crippen LogP contribution is -2.46. The molecule has 3 aromatic rings. The average molecular weight is 466 g/mol. The zero-order valence-electron chi connectivity index (χ0n) is 18.9. The van der Waals surface area contributed by atoms with E-state index in [4.69, 9.17) is 9.47 Å². The van der Waals surface area contributed by atoms with Crippen LogP contribution in [0.5, 0.6) is 11.5 Å². The number of benzene rings is 2. The van der Waals surface area contributed by atoms with Crippen molar-refractivity contribution in [2.75, 3.05) is 32.6 Å². The van der Waals surface area contributed by atoms with E-state index in [0.29, 0.717) is 29.3 Å². The molecular formula is C25H27N3O4S. The highest BCUT2D eigenvalue weighted by molar-refractivity contribution is 7.12. The number of fused-ring (bicyclic) bond motifs is 1. The van der Waals surface area contributed by atoms with Gasteiger partial charge < -0.3 is 25.0 Å². The van der Waals surface area contributed by atoms with Gasteiger partial charge in [-0.2, -0.15) is 0 Å². The lowest BCUT2D eigenvalue weighted by atomic mass is 9.91. The molecule has 0 fully saturated rings. The van der Waals surface area contributed by atoms with Crippen molar-refractivity contribution in [3.05, 3.63) is 75.5 Å². The molecule has 0 saturated heterocycles. The Morgan fingerprint density at radius 3 is 2.58 bits per heavy atom. The number of nitrogens with zero attached hydrogens (tertiary/aromatic N) is 1. The summed E-state index contributed by atoms with van der Waals surface area (Å²) < 4.78 is 11.0. The maximum Gasteiger partial charge on any atom is 0.322 e. The van der Waals surface area contributed by atoms with Crippen molar-refractivity contribution in [1.82, 2.24) is 10.2 Å². The van der Waals surface area contributed by atoms with Crippen LogP contribution < -0.4 is 20.1 Å². The van der Waals surface area contributed by atoms with Gasteiger partial charge in [0.05, 0.1) is 25.1 Å². The van der Waals surface area contributed by atoms with Gasteiger partial charge in [-0.05, 0) is 65.7 Å². The smallest absolute Gasteiger partial charge is 0.322 e. The van der Waals surface area contributed by atoms with Gasteiger partial charge in [-0.3, -0.25) is 4.79 Å². The second-order valence-corrected chi connectivity index (χ2v) is 8.80. The third kappa shape index (κ3) is 4.96. The van der Waals surface area contributed by atoms with Gasteiger partial charge in [-0.15, -0.1) is 11.3 Å². The van der Waals surface area contributed by atoms with E-state index in [0.717, 1.165) is 22.4 Å². The van der Waals surface area contributed by atoms with Gasteiger partial charge in [0.1, 0.15) is 0 Å². The molecule has 0 aliphatic carbocycles. The van der Waals surface area contributed by atoms with Crippen LogP contribution in [0.25, 0.3) is 0 Å². The Hall–Kier alpha value is -3.52. The summed E-state index contributed by atoms with van der Waals surface area (Å²) in [5.74, 6) is 1.08. The molecule has 0 spiro atoms. The number of carbonyl (C=O) groups is 2. The van der Waals surface area contributed by atoms with Gasteiger partial charge in [-0.25, -0.2) is 4.79 Å². The lowest BCUT2D eigenvalue weighted by Gasteiger charge is -2.37. The van der Waals surface area contributed by atoms with Crippen molar-refractivity contribution < 1.29 is 19.1 Å². The Morgan fingerprint density at radius 2 is 1.88 bits per heavy atom. The fourth-order valence-corrected chi connectivity index (χ4v) is 4.73. The summed E-state index contributed by atoms with van der Waals surface area (Å²) >= 11 is 1.38. The number of hydrogen-bond donors (Lipinski definition) is 2. The quantitative estimate of drug-likeness (QED) is 0.556. The summed E-state index contributed by atoms with van der Waals surface area (Å²) in [7, 11) is 3.19. The van der Waals surface area contributed by atoms with Crippen LogP contribution >= 0.6 is 11.3 Å². The molecule has 2 aromatic carbocycles. The highest BCUT2D eigenvalue weighted by Crippen LogP contribution is 2.38. The average Bonchev–Trinajstić information content (AvgIpc) is 3.36. The third-order valence-corrected chi connectivity index (χ3v) is 6.60. The van der Waals surface area contributed by atoms with Gasteiger partial charge >= 0.3 is 6.03 Å². The van der Waals surface area contributed by atoms with Gasteiger partial charge in [0.2, 0.25) is 0 Å². The minimum absolute atomic E-state index is 0.156. The monoisotopic (exact) mass is 465 g/mol. The zero-order chi connectivity index (χ0) is 23.4. The van der Waals surface area contributed by atoms with Crippen molar-refractivity contribution in [2.24, 2.45) is 0 Å². The SMILES string of the molecule is COc1cc2c(cc1OC)C(CNC(=O)c1cccs1)N(C(=O)Nc1cccc(C)c1)CC2. The Bertz CT molecular complexity index is 1150. The van der Waals surface area contributed by atoms with Gasteiger partial charge in [0.25, 0.3) is 5.91 Å². The minimum Gasteiger partial charge on any atom is -0.493 e. The van der Waals surface area contributed by atoms with Crippen molar-refractivity contribution >= 4 is 29.0 Å². The molecule has 0 bridgehead atoms. The Labute approximate surface area is 197 Å². The number of amides is 3.